The highest BCUT2D eigenvalue weighted by atomic mass is 16.5. The lowest BCUT2D eigenvalue weighted by atomic mass is 9.97. The van der Waals surface area contributed by atoms with Crippen molar-refractivity contribution in [1.82, 2.24) is 0 Å². The van der Waals surface area contributed by atoms with E-state index in [9.17, 15) is 14.7 Å². The molecule has 7 nitrogen and oxygen atoms in total. The Morgan fingerprint density at radius 3 is 2.11 bits per heavy atom. The fourth-order valence-corrected chi connectivity index (χ4v) is 4.45. The first-order valence-corrected chi connectivity index (χ1v) is 12.5. The van der Waals surface area contributed by atoms with Crippen molar-refractivity contribution in [2.24, 2.45) is 0 Å². The summed E-state index contributed by atoms with van der Waals surface area (Å²) in [6.45, 7) is 5.17. The van der Waals surface area contributed by atoms with Crippen molar-refractivity contribution in [1.29, 1.82) is 0 Å². The summed E-state index contributed by atoms with van der Waals surface area (Å²) in [7, 11) is 0. The van der Waals surface area contributed by atoms with E-state index < -0.39 is 0 Å². The number of rotatable bonds is 6. The molecule has 0 aliphatic carbocycles. The second-order valence-corrected chi connectivity index (χ2v) is 9.18. The number of amides is 2. The number of carbonyl (C=O) groups excluding carboxylic acids is 2. The minimum Gasteiger partial charge on any atom is -0.507 e. The zero-order valence-electron chi connectivity index (χ0n) is 21.1. The number of morpholine rings is 1. The zero-order chi connectivity index (χ0) is 26.5. The molecule has 4 aromatic carbocycles. The van der Waals surface area contributed by atoms with Gasteiger partial charge in [0.2, 0.25) is 0 Å². The number of benzene rings is 4. The van der Waals surface area contributed by atoms with Crippen LogP contribution in [0.2, 0.25) is 0 Å². The average Bonchev–Trinajstić information content (AvgIpc) is 2.95. The Morgan fingerprint density at radius 2 is 1.42 bits per heavy atom. The lowest BCUT2D eigenvalue weighted by Crippen LogP contribution is -2.36. The molecule has 5 rings (SSSR count). The molecule has 0 bridgehead atoms. The average molecular weight is 508 g/mol. The van der Waals surface area contributed by atoms with E-state index in [0.717, 1.165) is 54.4 Å². The Hall–Kier alpha value is -4.62. The number of ether oxygens (including phenoxy) is 1. The van der Waals surface area contributed by atoms with Crippen LogP contribution in [0.1, 0.15) is 26.3 Å². The van der Waals surface area contributed by atoms with Gasteiger partial charge < -0.3 is 25.4 Å². The molecule has 2 amide bonds. The highest BCUT2D eigenvalue weighted by molar-refractivity contribution is 6.06. The van der Waals surface area contributed by atoms with Gasteiger partial charge in [0.15, 0.2) is 0 Å². The molecule has 3 N–H and O–H groups in total. The lowest BCUT2D eigenvalue weighted by Gasteiger charge is -2.28. The second kappa shape index (κ2) is 11.2. The van der Waals surface area contributed by atoms with Crippen LogP contribution >= 0.6 is 0 Å². The SMILES string of the molecule is Cc1ccc(C(=O)Nc2ccc(N3CCOCC3)cc2)cc1-c1ccc(NC(=O)c2ccccc2O)cc1. The van der Waals surface area contributed by atoms with Crippen LogP contribution < -0.4 is 15.5 Å². The largest absolute Gasteiger partial charge is 0.507 e. The predicted molar refractivity (Wildman–Crippen MR) is 150 cm³/mol. The van der Waals surface area contributed by atoms with E-state index in [4.69, 9.17) is 4.74 Å². The predicted octanol–water partition coefficient (Wildman–Crippen LogP) is 5.71. The first-order chi connectivity index (χ1) is 18.5. The highest BCUT2D eigenvalue weighted by Gasteiger charge is 2.14. The van der Waals surface area contributed by atoms with Crippen molar-refractivity contribution in [3.63, 3.8) is 0 Å². The van der Waals surface area contributed by atoms with Crippen LogP contribution in [-0.2, 0) is 4.74 Å². The maximum atomic E-state index is 13.0. The minimum absolute atomic E-state index is 0.0691. The van der Waals surface area contributed by atoms with Crippen molar-refractivity contribution < 1.29 is 19.4 Å². The Morgan fingerprint density at radius 1 is 0.789 bits per heavy atom. The van der Waals surface area contributed by atoms with E-state index in [0.29, 0.717) is 11.3 Å². The molecule has 4 aromatic rings. The van der Waals surface area contributed by atoms with Gasteiger partial charge in [-0.2, -0.15) is 0 Å². The van der Waals surface area contributed by atoms with Crippen LogP contribution in [0, 0.1) is 6.92 Å². The summed E-state index contributed by atoms with van der Waals surface area (Å²) < 4.78 is 5.41. The van der Waals surface area contributed by atoms with Gasteiger partial charge in [-0.3, -0.25) is 9.59 Å². The number of para-hydroxylation sites is 1. The van der Waals surface area contributed by atoms with Gasteiger partial charge in [0.25, 0.3) is 11.8 Å². The van der Waals surface area contributed by atoms with Crippen molar-refractivity contribution in [3.05, 3.63) is 108 Å². The number of hydrogen-bond acceptors (Lipinski definition) is 5. The van der Waals surface area contributed by atoms with Gasteiger partial charge in [-0.25, -0.2) is 0 Å². The molecule has 1 saturated heterocycles. The van der Waals surface area contributed by atoms with Gasteiger partial charge in [-0.05, 0) is 84.3 Å². The van der Waals surface area contributed by atoms with Crippen LogP contribution in [0.4, 0.5) is 17.1 Å². The van der Waals surface area contributed by atoms with Crippen LogP contribution in [0.15, 0.2) is 91.0 Å². The number of nitrogens with one attached hydrogen (secondary N) is 2. The van der Waals surface area contributed by atoms with Crippen LogP contribution in [0.5, 0.6) is 5.75 Å². The number of carbonyl (C=O) groups is 2. The fourth-order valence-electron chi connectivity index (χ4n) is 4.45. The van der Waals surface area contributed by atoms with E-state index in [-0.39, 0.29) is 23.1 Å². The molecule has 192 valence electrons. The molecule has 0 spiro atoms. The van der Waals surface area contributed by atoms with E-state index in [1.165, 1.54) is 6.07 Å². The van der Waals surface area contributed by atoms with Crippen molar-refractivity contribution in [3.8, 4) is 16.9 Å². The Labute approximate surface area is 221 Å². The number of aromatic hydroxyl groups is 1. The molecular formula is C31H29N3O4. The fraction of sp³-hybridized carbons (Fsp3) is 0.161. The molecule has 38 heavy (non-hydrogen) atoms. The van der Waals surface area contributed by atoms with Gasteiger partial charge in [-0.15, -0.1) is 0 Å². The van der Waals surface area contributed by atoms with Crippen molar-refractivity contribution in [2.45, 2.75) is 6.92 Å². The Balaban J connectivity index is 1.27. The smallest absolute Gasteiger partial charge is 0.259 e. The quantitative estimate of drug-likeness (QED) is 0.311. The topological polar surface area (TPSA) is 90.9 Å². The standard InChI is InChI=1S/C31H29N3O4/c1-21-6-7-23(30(36)32-25-12-14-26(15-13-25)34-16-18-38-19-17-34)20-28(21)22-8-10-24(11-9-22)33-31(37)27-4-2-3-5-29(27)35/h2-15,20,35H,16-19H2,1H3,(H,32,36)(H,33,37). The Bertz CT molecular complexity index is 1440. The molecule has 0 unspecified atom stereocenters. The van der Waals surface area contributed by atoms with E-state index in [1.54, 1.807) is 30.3 Å². The van der Waals surface area contributed by atoms with E-state index in [1.807, 2.05) is 61.5 Å². The molecule has 0 aromatic heterocycles. The number of phenols is 1. The highest BCUT2D eigenvalue weighted by Crippen LogP contribution is 2.27. The molecular weight excluding hydrogens is 478 g/mol. The first-order valence-electron chi connectivity index (χ1n) is 12.5. The van der Waals surface area contributed by atoms with Crippen LogP contribution in [0.3, 0.4) is 0 Å². The summed E-state index contributed by atoms with van der Waals surface area (Å²) in [5, 5.41) is 15.7. The van der Waals surface area contributed by atoms with E-state index in [2.05, 4.69) is 15.5 Å². The number of nitrogens with zero attached hydrogens (tertiary/aromatic N) is 1. The molecule has 1 aliphatic heterocycles. The first kappa shape index (κ1) is 25.0. The van der Waals surface area contributed by atoms with Crippen LogP contribution in [-0.4, -0.2) is 43.2 Å². The molecule has 0 saturated carbocycles. The Kier molecular flexibility index (Phi) is 7.38. The van der Waals surface area contributed by atoms with Crippen LogP contribution in [0.25, 0.3) is 11.1 Å². The maximum absolute atomic E-state index is 13.0. The monoisotopic (exact) mass is 507 g/mol. The summed E-state index contributed by atoms with van der Waals surface area (Å²) in [6.07, 6.45) is 0. The summed E-state index contributed by atoms with van der Waals surface area (Å²) in [5.41, 5.74) is 6.10. The normalized spacial score (nSPS) is 13.1. The third kappa shape index (κ3) is 5.68. The molecule has 1 fully saturated rings. The van der Waals surface area contributed by atoms with Gasteiger partial charge in [-0.1, -0.05) is 30.3 Å². The third-order valence-corrected chi connectivity index (χ3v) is 6.60. The van der Waals surface area contributed by atoms with Gasteiger partial charge >= 0.3 is 0 Å². The number of aryl methyl sites for hydroxylation is 1. The summed E-state index contributed by atoms with van der Waals surface area (Å²) in [5.74, 6) is -0.638. The molecule has 1 aliphatic rings. The second-order valence-electron chi connectivity index (χ2n) is 9.18. The van der Waals surface area contributed by atoms with Gasteiger partial charge in [0, 0.05) is 35.7 Å². The molecule has 0 radical (unpaired) electrons. The zero-order valence-corrected chi connectivity index (χ0v) is 21.1. The summed E-state index contributed by atoms with van der Waals surface area (Å²) >= 11 is 0. The number of hydrogen-bond donors (Lipinski definition) is 3. The van der Waals surface area contributed by atoms with Gasteiger partial charge in [0.1, 0.15) is 5.75 Å². The van der Waals surface area contributed by atoms with E-state index >= 15 is 0 Å². The third-order valence-electron chi connectivity index (χ3n) is 6.60. The minimum atomic E-state index is -0.385. The molecule has 1 heterocycles. The van der Waals surface area contributed by atoms with Crippen molar-refractivity contribution >= 4 is 28.9 Å². The maximum Gasteiger partial charge on any atom is 0.259 e. The number of anilines is 3. The summed E-state index contributed by atoms with van der Waals surface area (Å²) in [4.78, 5) is 27.8. The lowest BCUT2D eigenvalue weighted by molar-refractivity contribution is 0.101. The molecule has 0 atom stereocenters. The van der Waals surface area contributed by atoms with Gasteiger partial charge in [0.05, 0.1) is 18.8 Å². The van der Waals surface area contributed by atoms with Crippen molar-refractivity contribution in [2.75, 3.05) is 41.8 Å². The number of phenolic OH excluding ortho intramolecular Hbond substituents is 1. The molecule has 7 heteroatoms. The summed E-state index contributed by atoms with van der Waals surface area (Å²) in [6, 6.07) is 27.3.